The molecule has 0 spiro atoms. The van der Waals surface area contributed by atoms with Crippen LogP contribution >= 0.6 is 0 Å². The first-order chi connectivity index (χ1) is 9.20. The number of pyridine rings is 1. The third-order valence-electron chi connectivity index (χ3n) is 3.41. The highest BCUT2D eigenvalue weighted by atomic mass is 14.9. The van der Waals surface area contributed by atoms with Crippen molar-refractivity contribution in [3.8, 4) is 0 Å². The number of nitrogens with one attached hydrogen (secondary N) is 1. The van der Waals surface area contributed by atoms with Crippen LogP contribution in [-0.4, -0.2) is 11.5 Å². The van der Waals surface area contributed by atoms with Gasteiger partial charge in [-0.3, -0.25) is 4.98 Å². The summed E-state index contributed by atoms with van der Waals surface area (Å²) in [6, 6.07) is 11.2. The number of aryl methyl sites for hydroxylation is 2. The van der Waals surface area contributed by atoms with E-state index >= 15 is 0 Å². The van der Waals surface area contributed by atoms with E-state index in [1.807, 2.05) is 18.5 Å². The molecule has 0 aliphatic heterocycles. The lowest BCUT2D eigenvalue weighted by atomic mass is 9.95. The van der Waals surface area contributed by atoms with Gasteiger partial charge in [-0.05, 0) is 49.6 Å². The molecule has 0 aliphatic carbocycles. The molecule has 2 heteroatoms. The molecule has 2 nitrogen and oxygen atoms in total. The van der Waals surface area contributed by atoms with Gasteiger partial charge in [0, 0.05) is 18.4 Å². The van der Waals surface area contributed by atoms with Gasteiger partial charge in [0.15, 0.2) is 0 Å². The Labute approximate surface area is 115 Å². The van der Waals surface area contributed by atoms with Crippen molar-refractivity contribution < 1.29 is 0 Å². The van der Waals surface area contributed by atoms with Gasteiger partial charge in [0.2, 0.25) is 0 Å². The normalized spacial score (nSPS) is 12.4. The summed E-state index contributed by atoms with van der Waals surface area (Å²) in [5, 5.41) is 3.58. The fourth-order valence-corrected chi connectivity index (χ4v) is 2.51. The standard InChI is InChI=1S/C17H22N2/c1-4-19-17(11-15-6-5-9-18-12-15)16-8-7-13(2)10-14(16)3/h5-10,12,17,19H,4,11H2,1-3H3. The van der Waals surface area contributed by atoms with Crippen LogP contribution in [0.5, 0.6) is 0 Å². The molecular formula is C17H22N2. The number of hydrogen-bond acceptors (Lipinski definition) is 2. The molecule has 2 aromatic rings. The van der Waals surface area contributed by atoms with Gasteiger partial charge in [0.1, 0.15) is 0 Å². The Kier molecular flexibility index (Phi) is 4.69. The second-order valence-corrected chi connectivity index (χ2v) is 5.04. The largest absolute Gasteiger partial charge is 0.310 e. The van der Waals surface area contributed by atoms with E-state index in [1.54, 1.807) is 0 Å². The van der Waals surface area contributed by atoms with Crippen LogP contribution in [-0.2, 0) is 6.42 Å². The Hall–Kier alpha value is -1.67. The number of benzene rings is 1. The first-order valence-corrected chi connectivity index (χ1v) is 6.90. The Morgan fingerprint density at radius 2 is 2.05 bits per heavy atom. The Morgan fingerprint density at radius 1 is 1.21 bits per heavy atom. The highest BCUT2D eigenvalue weighted by molar-refractivity contribution is 5.33. The summed E-state index contributed by atoms with van der Waals surface area (Å²) >= 11 is 0. The zero-order valence-corrected chi connectivity index (χ0v) is 12.0. The molecule has 1 heterocycles. The molecule has 100 valence electrons. The van der Waals surface area contributed by atoms with Gasteiger partial charge in [-0.1, -0.05) is 36.8 Å². The average Bonchev–Trinajstić information content (AvgIpc) is 2.39. The molecule has 1 unspecified atom stereocenters. The molecule has 1 aromatic carbocycles. The lowest BCUT2D eigenvalue weighted by molar-refractivity contribution is 0.546. The summed E-state index contributed by atoms with van der Waals surface area (Å²) in [5.74, 6) is 0. The van der Waals surface area contributed by atoms with Crippen LogP contribution in [0, 0.1) is 13.8 Å². The second-order valence-electron chi connectivity index (χ2n) is 5.04. The number of nitrogens with zero attached hydrogens (tertiary/aromatic N) is 1. The number of likely N-dealkylation sites (N-methyl/N-ethyl adjacent to an activating group) is 1. The molecule has 1 N–H and O–H groups in total. The third kappa shape index (κ3) is 3.65. The average molecular weight is 254 g/mol. The molecule has 0 amide bonds. The van der Waals surface area contributed by atoms with Crippen molar-refractivity contribution in [2.45, 2.75) is 33.2 Å². The van der Waals surface area contributed by atoms with Crippen LogP contribution in [0.25, 0.3) is 0 Å². The first kappa shape index (κ1) is 13.8. The van der Waals surface area contributed by atoms with Gasteiger partial charge in [-0.25, -0.2) is 0 Å². The maximum atomic E-state index is 4.20. The lowest BCUT2D eigenvalue weighted by Gasteiger charge is -2.20. The molecule has 1 aromatic heterocycles. The fourth-order valence-electron chi connectivity index (χ4n) is 2.51. The molecule has 2 rings (SSSR count). The summed E-state index contributed by atoms with van der Waals surface area (Å²) in [7, 11) is 0. The number of rotatable bonds is 5. The van der Waals surface area contributed by atoms with E-state index in [1.165, 1.54) is 22.3 Å². The summed E-state index contributed by atoms with van der Waals surface area (Å²) in [5.41, 5.74) is 5.33. The minimum absolute atomic E-state index is 0.356. The van der Waals surface area contributed by atoms with E-state index in [0.29, 0.717) is 6.04 Å². The van der Waals surface area contributed by atoms with Crippen molar-refractivity contribution in [1.82, 2.24) is 10.3 Å². The van der Waals surface area contributed by atoms with Crippen LogP contribution < -0.4 is 5.32 Å². The summed E-state index contributed by atoms with van der Waals surface area (Å²) in [6.07, 6.45) is 4.75. The molecule has 0 bridgehead atoms. The maximum Gasteiger partial charge on any atom is 0.0363 e. The van der Waals surface area contributed by atoms with Crippen molar-refractivity contribution in [2.24, 2.45) is 0 Å². The van der Waals surface area contributed by atoms with Gasteiger partial charge in [0.25, 0.3) is 0 Å². The Balaban J connectivity index is 2.24. The van der Waals surface area contributed by atoms with Crippen LogP contribution in [0.15, 0.2) is 42.7 Å². The van der Waals surface area contributed by atoms with Crippen molar-refractivity contribution in [3.63, 3.8) is 0 Å². The van der Waals surface area contributed by atoms with Gasteiger partial charge < -0.3 is 5.32 Å². The second kappa shape index (κ2) is 6.48. The van der Waals surface area contributed by atoms with Gasteiger partial charge in [-0.15, -0.1) is 0 Å². The SMILES string of the molecule is CCNC(Cc1cccnc1)c1ccc(C)cc1C. The minimum Gasteiger partial charge on any atom is -0.310 e. The molecule has 0 aliphatic rings. The van der Waals surface area contributed by atoms with Crippen molar-refractivity contribution in [2.75, 3.05) is 6.54 Å². The zero-order valence-electron chi connectivity index (χ0n) is 12.0. The molecule has 1 atom stereocenters. The summed E-state index contributed by atoms with van der Waals surface area (Å²) in [6.45, 7) is 7.45. The molecule has 0 saturated carbocycles. The van der Waals surface area contributed by atoms with Crippen LogP contribution in [0.2, 0.25) is 0 Å². The van der Waals surface area contributed by atoms with Crippen LogP contribution in [0.3, 0.4) is 0 Å². The minimum atomic E-state index is 0.356. The maximum absolute atomic E-state index is 4.20. The van der Waals surface area contributed by atoms with E-state index in [2.05, 4.69) is 55.3 Å². The quantitative estimate of drug-likeness (QED) is 0.882. The molecule has 0 saturated heterocycles. The highest BCUT2D eigenvalue weighted by Gasteiger charge is 2.13. The highest BCUT2D eigenvalue weighted by Crippen LogP contribution is 2.22. The Bertz CT molecular complexity index is 520. The zero-order chi connectivity index (χ0) is 13.7. The predicted octanol–water partition coefficient (Wildman–Crippen LogP) is 3.59. The molecule has 0 fully saturated rings. The van der Waals surface area contributed by atoms with E-state index in [4.69, 9.17) is 0 Å². The van der Waals surface area contributed by atoms with Gasteiger partial charge >= 0.3 is 0 Å². The van der Waals surface area contributed by atoms with E-state index in [0.717, 1.165) is 13.0 Å². The first-order valence-electron chi connectivity index (χ1n) is 6.90. The molecule has 0 radical (unpaired) electrons. The molecule has 19 heavy (non-hydrogen) atoms. The number of hydrogen-bond donors (Lipinski definition) is 1. The van der Waals surface area contributed by atoms with Crippen LogP contribution in [0.1, 0.15) is 35.2 Å². The van der Waals surface area contributed by atoms with Gasteiger partial charge in [0.05, 0.1) is 0 Å². The number of aromatic nitrogens is 1. The fraction of sp³-hybridized carbons (Fsp3) is 0.353. The Morgan fingerprint density at radius 3 is 2.68 bits per heavy atom. The topological polar surface area (TPSA) is 24.9 Å². The lowest BCUT2D eigenvalue weighted by Crippen LogP contribution is -2.23. The van der Waals surface area contributed by atoms with Gasteiger partial charge in [-0.2, -0.15) is 0 Å². The third-order valence-corrected chi connectivity index (χ3v) is 3.41. The summed E-state index contributed by atoms with van der Waals surface area (Å²) < 4.78 is 0. The smallest absolute Gasteiger partial charge is 0.0363 e. The molecular weight excluding hydrogens is 232 g/mol. The predicted molar refractivity (Wildman–Crippen MR) is 80.3 cm³/mol. The van der Waals surface area contributed by atoms with Crippen molar-refractivity contribution >= 4 is 0 Å². The van der Waals surface area contributed by atoms with E-state index in [-0.39, 0.29) is 0 Å². The summed E-state index contributed by atoms with van der Waals surface area (Å²) in [4.78, 5) is 4.20. The van der Waals surface area contributed by atoms with Crippen LogP contribution in [0.4, 0.5) is 0 Å². The monoisotopic (exact) mass is 254 g/mol. The van der Waals surface area contributed by atoms with Crippen molar-refractivity contribution in [1.29, 1.82) is 0 Å². The van der Waals surface area contributed by atoms with E-state index < -0.39 is 0 Å². The van der Waals surface area contributed by atoms with Crippen molar-refractivity contribution in [3.05, 3.63) is 65.0 Å². The van der Waals surface area contributed by atoms with E-state index in [9.17, 15) is 0 Å².